The van der Waals surface area contributed by atoms with Crippen LogP contribution in [0.5, 0.6) is 0 Å². The van der Waals surface area contributed by atoms with Gasteiger partial charge in [-0.25, -0.2) is 0 Å². The molecule has 0 amide bonds. The highest BCUT2D eigenvalue weighted by atomic mass is 16.3. The number of hydrogen-bond acceptors (Lipinski definition) is 5. The number of aromatic nitrogens is 8. The van der Waals surface area contributed by atoms with E-state index in [0.29, 0.717) is 0 Å². The lowest BCUT2D eigenvalue weighted by Gasteiger charge is -1.50. The van der Waals surface area contributed by atoms with Gasteiger partial charge in [0.2, 0.25) is 0 Å². The molecule has 4 N–H and O–H groups in total. The minimum absolute atomic E-state index is 1.62. The summed E-state index contributed by atoms with van der Waals surface area (Å²) >= 11 is 0. The zero-order chi connectivity index (χ0) is 17.7. The number of H-pyrrole nitrogens is 4. The topological polar surface area (TPSA) is 128 Å². The van der Waals surface area contributed by atoms with Crippen molar-refractivity contribution in [3.8, 4) is 0 Å². The standard InChI is InChI=1S/C4H4O.4C3H4N2/c5*1-2-4-5-3-1/h1-4H;4*1-3H,(H,4,5). The van der Waals surface area contributed by atoms with Crippen molar-refractivity contribution in [3.63, 3.8) is 0 Å². The maximum Gasteiger partial charge on any atom is 0.0902 e. The molecule has 5 aromatic heterocycles. The van der Waals surface area contributed by atoms with Gasteiger partial charge in [0.05, 0.1) is 12.5 Å². The van der Waals surface area contributed by atoms with Gasteiger partial charge in [0, 0.05) is 49.6 Å². The number of rotatable bonds is 0. The second kappa shape index (κ2) is 16.5. The summed E-state index contributed by atoms with van der Waals surface area (Å²) in [7, 11) is 0. The predicted molar refractivity (Wildman–Crippen MR) is 93.1 cm³/mol. The van der Waals surface area contributed by atoms with Crippen molar-refractivity contribution in [3.05, 3.63) is 98.5 Å². The van der Waals surface area contributed by atoms with Crippen LogP contribution < -0.4 is 0 Å². The first kappa shape index (κ1) is 19.2. The monoisotopic (exact) mass is 340 g/mol. The third kappa shape index (κ3) is 14.8. The molecule has 9 nitrogen and oxygen atoms in total. The third-order valence-electron chi connectivity index (χ3n) is 2.05. The highest BCUT2D eigenvalue weighted by molar-refractivity contribution is 4.79. The first-order valence-corrected chi connectivity index (χ1v) is 7.22. The van der Waals surface area contributed by atoms with Gasteiger partial charge < -0.3 is 4.42 Å². The Kier molecular flexibility index (Phi) is 12.6. The summed E-state index contributed by atoms with van der Waals surface area (Å²) in [4.78, 5) is 0. The van der Waals surface area contributed by atoms with Gasteiger partial charge in [0.1, 0.15) is 0 Å². The summed E-state index contributed by atoms with van der Waals surface area (Å²) in [5.74, 6) is 0. The molecule has 0 saturated carbocycles. The summed E-state index contributed by atoms with van der Waals surface area (Å²) in [5, 5.41) is 24.8. The SMILES string of the molecule is c1ccoc1.c1cn[nH]c1.c1cn[nH]c1.c1cn[nH]c1.c1cn[nH]c1. The second-order valence-corrected chi connectivity index (χ2v) is 3.86. The van der Waals surface area contributed by atoms with E-state index in [1.807, 2.05) is 36.4 Å². The molecule has 0 aromatic carbocycles. The highest BCUT2D eigenvalue weighted by Gasteiger charge is 1.59. The van der Waals surface area contributed by atoms with E-state index in [1.54, 1.807) is 62.1 Å². The van der Waals surface area contributed by atoms with Crippen LogP contribution in [0.15, 0.2) is 103 Å². The molecule has 130 valence electrons. The zero-order valence-electron chi connectivity index (χ0n) is 13.4. The van der Waals surface area contributed by atoms with Crippen LogP contribution >= 0.6 is 0 Å². The van der Waals surface area contributed by atoms with Crippen molar-refractivity contribution in [2.24, 2.45) is 0 Å². The van der Waals surface area contributed by atoms with Crippen LogP contribution in [0, 0.1) is 0 Å². The molecule has 0 radical (unpaired) electrons. The summed E-state index contributed by atoms with van der Waals surface area (Å²) < 4.78 is 4.58. The Bertz CT molecular complexity index is 463. The molecule has 0 aliphatic carbocycles. The number of hydrogen-bond donors (Lipinski definition) is 4. The number of aromatic amines is 4. The smallest absolute Gasteiger partial charge is 0.0902 e. The molecule has 5 heterocycles. The minimum atomic E-state index is 1.62. The Hall–Kier alpha value is -3.88. The van der Waals surface area contributed by atoms with E-state index in [1.165, 1.54) is 0 Å². The van der Waals surface area contributed by atoms with Gasteiger partial charge in [-0.2, -0.15) is 20.4 Å². The lowest BCUT2D eigenvalue weighted by Crippen LogP contribution is -1.53. The molecular formula is C16H20N8O. The van der Waals surface area contributed by atoms with Crippen LogP contribution in [0.25, 0.3) is 0 Å². The van der Waals surface area contributed by atoms with Crippen LogP contribution in [0.3, 0.4) is 0 Å². The first-order valence-electron chi connectivity index (χ1n) is 7.22. The summed E-state index contributed by atoms with van der Waals surface area (Å²) in [6.07, 6.45) is 17.1. The van der Waals surface area contributed by atoms with Gasteiger partial charge in [-0.3, -0.25) is 20.4 Å². The van der Waals surface area contributed by atoms with E-state index in [4.69, 9.17) is 0 Å². The van der Waals surface area contributed by atoms with E-state index in [2.05, 4.69) is 45.2 Å². The Labute approximate surface area is 144 Å². The van der Waals surface area contributed by atoms with Crippen LogP contribution in [-0.4, -0.2) is 40.8 Å². The minimum Gasteiger partial charge on any atom is -0.473 e. The van der Waals surface area contributed by atoms with Crippen molar-refractivity contribution in [1.82, 2.24) is 40.8 Å². The van der Waals surface area contributed by atoms with Gasteiger partial charge in [-0.05, 0) is 36.4 Å². The Morgan fingerprint density at radius 1 is 0.440 bits per heavy atom. The van der Waals surface area contributed by atoms with E-state index in [9.17, 15) is 0 Å². The molecule has 0 atom stereocenters. The third-order valence-corrected chi connectivity index (χ3v) is 2.05. The molecule has 25 heavy (non-hydrogen) atoms. The van der Waals surface area contributed by atoms with Gasteiger partial charge in [-0.15, -0.1) is 0 Å². The van der Waals surface area contributed by atoms with Gasteiger partial charge in [0.25, 0.3) is 0 Å². The maximum atomic E-state index is 4.58. The van der Waals surface area contributed by atoms with Crippen LogP contribution in [0.4, 0.5) is 0 Å². The van der Waals surface area contributed by atoms with Crippen molar-refractivity contribution >= 4 is 0 Å². The fourth-order valence-electron chi connectivity index (χ4n) is 1.09. The van der Waals surface area contributed by atoms with Crippen molar-refractivity contribution in [2.75, 3.05) is 0 Å². The van der Waals surface area contributed by atoms with Gasteiger partial charge in [-0.1, -0.05) is 0 Å². The molecule has 0 unspecified atom stereocenters. The lowest BCUT2D eigenvalue weighted by molar-refractivity contribution is 0.567. The summed E-state index contributed by atoms with van der Waals surface area (Å²) in [6.45, 7) is 0. The molecule has 0 saturated heterocycles. The van der Waals surface area contributed by atoms with Crippen LogP contribution in [0.2, 0.25) is 0 Å². The van der Waals surface area contributed by atoms with Gasteiger partial charge in [0.15, 0.2) is 0 Å². The van der Waals surface area contributed by atoms with Crippen LogP contribution in [0.1, 0.15) is 0 Å². The Morgan fingerprint density at radius 3 is 0.840 bits per heavy atom. The summed E-state index contributed by atoms with van der Waals surface area (Å²) in [6, 6.07) is 11.0. The molecular weight excluding hydrogens is 320 g/mol. The fraction of sp³-hybridized carbons (Fsp3) is 0. The molecule has 0 spiro atoms. The predicted octanol–water partition coefficient (Wildman–Crippen LogP) is 2.92. The second-order valence-electron chi connectivity index (χ2n) is 3.86. The first-order chi connectivity index (χ1) is 12.5. The summed E-state index contributed by atoms with van der Waals surface area (Å²) in [5.41, 5.74) is 0. The largest absolute Gasteiger partial charge is 0.473 e. The lowest BCUT2D eigenvalue weighted by atomic mass is 10.7. The molecule has 0 fully saturated rings. The van der Waals surface area contributed by atoms with Gasteiger partial charge >= 0.3 is 0 Å². The molecule has 0 aliphatic rings. The molecule has 5 aromatic rings. The van der Waals surface area contributed by atoms with E-state index >= 15 is 0 Å². The van der Waals surface area contributed by atoms with Crippen molar-refractivity contribution in [1.29, 1.82) is 0 Å². The molecule has 0 aliphatic heterocycles. The highest BCUT2D eigenvalue weighted by Crippen LogP contribution is 1.79. The zero-order valence-corrected chi connectivity index (χ0v) is 13.4. The Balaban J connectivity index is 0.000000156. The maximum absolute atomic E-state index is 4.58. The van der Waals surface area contributed by atoms with E-state index in [0.717, 1.165) is 0 Å². The molecule has 0 bridgehead atoms. The van der Waals surface area contributed by atoms with Crippen molar-refractivity contribution < 1.29 is 4.42 Å². The fourth-order valence-corrected chi connectivity index (χ4v) is 1.09. The quantitative estimate of drug-likeness (QED) is 0.344. The number of nitrogens with one attached hydrogen (secondary N) is 4. The molecule has 9 heteroatoms. The molecule has 5 rings (SSSR count). The normalized spacial score (nSPS) is 8.00. The number of furan rings is 1. The van der Waals surface area contributed by atoms with E-state index in [-0.39, 0.29) is 0 Å². The Morgan fingerprint density at radius 2 is 0.760 bits per heavy atom. The van der Waals surface area contributed by atoms with Crippen LogP contribution in [-0.2, 0) is 0 Å². The van der Waals surface area contributed by atoms with Crippen molar-refractivity contribution in [2.45, 2.75) is 0 Å². The number of nitrogens with zero attached hydrogens (tertiary/aromatic N) is 4. The average molecular weight is 340 g/mol. The van der Waals surface area contributed by atoms with E-state index < -0.39 is 0 Å². The average Bonchev–Trinajstić information content (AvgIpc) is 3.55.